The Balaban J connectivity index is 2.71. The Kier molecular flexibility index (Phi) is 11.0. The summed E-state index contributed by atoms with van der Waals surface area (Å²) in [6, 6.07) is 11.6. The molecule has 7 heteroatoms. The maximum atomic E-state index is 14.6. The zero-order valence-corrected chi connectivity index (χ0v) is 26.3. The van der Waals surface area contributed by atoms with E-state index in [0.717, 1.165) is 22.3 Å². The van der Waals surface area contributed by atoms with Crippen LogP contribution in [0.4, 0.5) is 10.5 Å². The summed E-state index contributed by atoms with van der Waals surface area (Å²) in [6.45, 7) is 21.2. The minimum absolute atomic E-state index is 0.107. The van der Waals surface area contributed by atoms with Gasteiger partial charge in [0.25, 0.3) is 5.91 Å². The highest BCUT2D eigenvalue weighted by molar-refractivity contribution is 6.00. The van der Waals surface area contributed by atoms with Crippen LogP contribution >= 0.6 is 0 Å². The fourth-order valence-corrected chi connectivity index (χ4v) is 4.64. The van der Waals surface area contributed by atoms with Crippen molar-refractivity contribution in [3.63, 3.8) is 0 Å². The molecule has 2 aromatic rings. The lowest BCUT2D eigenvalue weighted by atomic mass is 9.88. The van der Waals surface area contributed by atoms with Crippen LogP contribution in [0.25, 0.3) is 0 Å². The second kappa shape index (κ2) is 13.3. The molecule has 2 rings (SSSR count). The van der Waals surface area contributed by atoms with E-state index < -0.39 is 29.3 Å². The number of nitrogens with one attached hydrogen (secondary N) is 2. The molecule has 0 fully saturated rings. The van der Waals surface area contributed by atoms with Gasteiger partial charge in [-0.15, -0.1) is 0 Å². The molecule has 0 bridgehead atoms. The van der Waals surface area contributed by atoms with Gasteiger partial charge in [0, 0.05) is 11.2 Å². The standard InChI is InChI=1S/C33H49N3O4/c1-12-33(10,11)36(30(38)27(20-21(2)3)35-31(39)40-32(7,8)9)28(25-18-15-17-22(4)24(25)6)29(37)34-26-19-14-13-16-23(26)5/h13-19,21,27-28H,12,20H2,1-11H3,(H,34,37)(H,35,39). The van der Waals surface area contributed by atoms with E-state index in [1.807, 2.05) is 97.9 Å². The highest BCUT2D eigenvalue weighted by Crippen LogP contribution is 2.35. The number of carbonyl (C=O) groups excluding carboxylic acids is 3. The number of anilines is 1. The lowest BCUT2D eigenvalue weighted by Crippen LogP contribution is -2.59. The minimum atomic E-state index is -0.933. The van der Waals surface area contributed by atoms with Crippen LogP contribution in [0, 0.1) is 26.7 Å². The van der Waals surface area contributed by atoms with Crippen LogP contribution < -0.4 is 10.6 Å². The van der Waals surface area contributed by atoms with Crippen molar-refractivity contribution >= 4 is 23.6 Å². The van der Waals surface area contributed by atoms with E-state index in [0.29, 0.717) is 18.5 Å². The molecule has 0 saturated carbocycles. The molecular formula is C33H49N3O4. The van der Waals surface area contributed by atoms with E-state index in [-0.39, 0.29) is 17.7 Å². The number of hydrogen-bond donors (Lipinski definition) is 2. The number of ether oxygens (including phenoxy) is 1. The molecule has 0 saturated heterocycles. The quantitative estimate of drug-likeness (QED) is 0.326. The summed E-state index contributed by atoms with van der Waals surface area (Å²) in [5, 5.41) is 5.92. The first-order valence-electron chi connectivity index (χ1n) is 14.2. The summed E-state index contributed by atoms with van der Waals surface area (Å²) in [5.74, 6) is -0.522. The number of amides is 3. The van der Waals surface area contributed by atoms with Gasteiger partial charge in [-0.05, 0) is 102 Å². The van der Waals surface area contributed by atoms with E-state index in [1.165, 1.54) is 0 Å². The zero-order valence-electron chi connectivity index (χ0n) is 26.3. The monoisotopic (exact) mass is 551 g/mol. The lowest BCUT2D eigenvalue weighted by molar-refractivity contribution is -0.148. The van der Waals surface area contributed by atoms with Crippen LogP contribution in [0.5, 0.6) is 0 Å². The molecule has 0 aromatic heterocycles. The van der Waals surface area contributed by atoms with Crippen LogP contribution in [-0.2, 0) is 14.3 Å². The predicted molar refractivity (Wildman–Crippen MR) is 162 cm³/mol. The molecule has 0 heterocycles. The minimum Gasteiger partial charge on any atom is -0.444 e. The summed E-state index contributed by atoms with van der Waals surface area (Å²) in [4.78, 5) is 43.4. The number of hydrogen-bond acceptors (Lipinski definition) is 4. The molecule has 0 aliphatic rings. The fraction of sp³-hybridized carbons (Fsp3) is 0.545. The Bertz CT molecular complexity index is 1200. The van der Waals surface area contributed by atoms with Gasteiger partial charge < -0.3 is 20.3 Å². The van der Waals surface area contributed by atoms with E-state index in [9.17, 15) is 14.4 Å². The van der Waals surface area contributed by atoms with Gasteiger partial charge in [0.15, 0.2) is 0 Å². The van der Waals surface area contributed by atoms with Crippen LogP contribution in [0.3, 0.4) is 0 Å². The molecule has 0 spiro atoms. The summed E-state index contributed by atoms with van der Waals surface area (Å²) in [6.07, 6.45) is 0.333. The highest BCUT2D eigenvalue weighted by atomic mass is 16.6. The summed E-state index contributed by atoms with van der Waals surface area (Å²) >= 11 is 0. The van der Waals surface area contributed by atoms with Crippen molar-refractivity contribution < 1.29 is 19.1 Å². The van der Waals surface area contributed by atoms with Crippen LogP contribution in [0.15, 0.2) is 42.5 Å². The number of aryl methyl sites for hydroxylation is 2. The summed E-state index contributed by atoms with van der Waals surface area (Å²) in [5.41, 5.74) is 2.90. The lowest BCUT2D eigenvalue weighted by Gasteiger charge is -2.45. The van der Waals surface area contributed by atoms with Gasteiger partial charge in [-0.2, -0.15) is 0 Å². The Morgan fingerprint density at radius 2 is 1.50 bits per heavy atom. The largest absolute Gasteiger partial charge is 0.444 e. The molecule has 7 nitrogen and oxygen atoms in total. The van der Waals surface area contributed by atoms with Crippen LogP contribution in [0.1, 0.15) is 96.5 Å². The molecule has 2 aromatic carbocycles. The molecule has 2 N–H and O–H groups in total. The van der Waals surface area contributed by atoms with Gasteiger partial charge >= 0.3 is 6.09 Å². The SMILES string of the molecule is CCC(C)(C)N(C(=O)C(CC(C)C)NC(=O)OC(C)(C)C)C(C(=O)Nc1ccccc1C)c1cccc(C)c1C. The maximum absolute atomic E-state index is 14.6. The fourth-order valence-electron chi connectivity index (χ4n) is 4.64. The molecule has 0 aliphatic heterocycles. The second-order valence-corrected chi connectivity index (χ2v) is 12.7. The molecule has 3 amide bonds. The van der Waals surface area contributed by atoms with Crippen molar-refractivity contribution in [1.82, 2.24) is 10.2 Å². The third-order valence-electron chi connectivity index (χ3n) is 7.30. The van der Waals surface area contributed by atoms with Crippen LogP contribution in [0.2, 0.25) is 0 Å². The van der Waals surface area contributed by atoms with Crippen molar-refractivity contribution in [2.24, 2.45) is 5.92 Å². The topological polar surface area (TPSA) is 87.7 Å². The molecule has 220 valence electrons. The van der Waals surface area contributed by atoms with Gasteiger partial charge in [-0.3, -0.25) is 9.59 Å². The smallest absolute Gasteiger partial charge is 0.408 e. The number of carbonyl (C=O) groups is 3. The third kappa shape index (κ3) is 8.57. The Morgan fingerprint density at radius 1 is 0.900 bits per heavy atom. The van der Waals surface area contributed by atoms with Gasteiger partial charge in [0.1, 0.15) is 17.7 Å². The van der Waals surface area contributed by atoms with Crippen molar-refractivity contribution in [3.05, 3.63) is 64.7 Å². The van der Waals surface area contributed by atoms with Gasteiger partial charge in [-0.25, -0.2) is 4.79 Å². The average Bonchev–Trinajstić information content (AvgIpc) is 2.83. The van der Waals surface area contributed by atoms with Gasteiger partial charge in [0.05, 0.1) is 0 Å². The number of para-hydroxylation sites is 1. The van der Waals surface area contributed by atoms with E-state index in [1.54, 1.807) is 25.7 Å². The first-order chi connectivity index (χ1) is 18.5. The number of alkyl carbamates (subject to hydrolysis) is 1. The van der Waals surface area contributed by atoms with Gasteiger partial charge in [-0.1, -0.05) is 57.2 Å². The average molecular weight is 552 g/mol. The van der Waals surface area contributed by atoms with Crippen molar-refractivity contribution in [2.45, 2.75) is 112 Å². The summed E-state index contributed by atoms with van der Waals surface area (Å²) in [7, 11) is 0. The summed E-state index contributed by atoms with van der Waals surface area (Å²) < 4.78 is 5.51. The Hall–Kier alpha value is -3.35. The Morgan fingerprint density at radius 3 is 2.05 bits per heavy atom. The van der Waals surface area contributed by atoms with Crippen molar-refractivity contribution in [3.8, 4) is 0 Å². The van der Waals surface area contributed by atoms with Crippen LogP contribution in [-0.4, -0.2) is 40.0 Å². The van der Waals surface area contributed by atoms with Crippen molar-refractivity contribution in [2.75, 3.05) is 5.32 Å². The molecule has 2 unspecified atom stereocenters. The number of nitrogens with zero attached hydrogens (tertiary/aromatic N) is 1. The maximum Gasteiger partial charge on any atom is 0.408 e. The molecule has 0 aliphatic carbocycles. The molecule has 40 heavy (non-hydrogen) atoms. The number of benzene rings is 2. The first-order valence-corrected chi connectivity index (χ1v) is 14.2. The zero-order chi connectivity index (χ0) is 30.4. The molecule has 2 atom stereocenters. The third-order valence-corrected chi connectivity index (χ3v) is 7.30. The second-order valence-electron chi connectivity index (χ2n) is 12.7. The van der Waals surface area contributed by atoms with E-state index >= 15 is 0 Å². The van der Waals surface area contributed by atoms with Gasteiger partial charge in [0.2, 0.25) is 5.91 Å². The van der Waals surface area contributed by atoms with E-state index in [2.05, 4.69) is 10.6 Å². The predicted octanol–water partition coefficient (Wildman–Crippen LogP) is 7.25. The molecule has 0 radical (unpaired) electrons. The first kappa shape index (κ1) is 32.9. The van der Waals surface area contributed by atoms with Crippen molar-refractivity contribution in [1.29, 1.82) is 0 Å². The Labute approximate surface area is 241 Å². The van der Waals surface area contributed by atoms with E-state index in [4.69, 9.17) is 4.74 Å². The highest BCUT2D eigenvalue weighted by Gasteiger charge is 2.43. The molecular weight excluding hydrogens is 502 g/mol. The number of rotatable bonds is 10. The normalized spacial score (nSPS) is 13.4.